The summed E-state index contributed by atoms with van der Waals surface area (Å²) < 4.78 is 31.2. The van der Waals surface area contributed by atoms with Crippen molar-refractivity contribution in [2.24, 2.45) is 0 Å². The van der Waals surface area contributed by atoms with E-state index in [1.54, 1.807) is 50.7 Å². The predicted octanol–water partition coefficient (Wildman–Crippen LogP) is 5.52. The van der Waals surface area contributed by atoms with Crippen molar-refractivity contribution >= 4 is 34.0 Å². The van der Waals surface area contributed by atoms with Crippen LogP contribution in [0.4, 0.5) is 14.9 Å². The second-order valence-electron chi connectivity index (χ2n) is 6.97. The molecule has 1 unspecified atom stereocenters. The van der Waals surface area contributed by atoms with Gasteiger partial charge in [0.25, 0.3) is 0 Å². The summed E-state index contributed by atoms with van der Waals surface area (Å²) >= 11 is 1.43. The van der Waals surface area contributed by atoms with Crippen molar-refractivity contribution in [2.45, 2.75) is 13.0 Å². The molecule has 33 heavy (non-hydrogen) atoms. The van der Waals surface area contributed by atoms with Gasteiger partial charge in [0.2, 0.25) is 0 Å². The maximum Gasteiger partial charge on any atom is 0.319 e. The Labute approximate surface area is 193 Å². The van der Waals surface area contributed by atoms with Crippen LogP contribution in [0.3, 0.4) is 0 Å². The van der Waals surface area contributed by atoms with Crippen LogP contribution in [0.1, 0.15) is 18.0 Å². The highest BCUT2D eigenvalue weighted by Gasteiger charge is 2.15. The number of methoxy groups -OCH3 is 2. The first-order valence-electron chi connectivity index (χ1n) is 9.93. The summed E-state index contributed by atoms with van der Waals surface area (Å²) in [5.74, 6) is 1.15. The fourth-order valence-electron chi connectivity index (χ4n) is 3.19. The second-order valence-corrected chi connectivity index (χ2v) is 7.89. The number of aromatic nitrogens is 2. The fourth-order valence-corrected chi connectivity index (χ4v) is 3.84. The first-order valence-corrected chi connectivity index (χ1v) is 10.8. The van der Waals surface area contributed by atoms with Gasteiger partial charge in [-0.3, -0.25) is 4.98 Å². The zero-order valence-corrected chi connectivity index (χ0v) is 18.9. The molecule has 2 heterocycles. The van der Waals surface area contributed by atoms with Crippen molar-refractivity contribution < 1.29 is 23.4 Å². The van der Waals surface area contributed by atoms with E-state index in [4.69, 9.17) is 14.2 Å². The number of ether oxygens (including phenoxy) is 3. The number of benzene rings is 2. The number of amides is 2. The number of pyridine rings is 1. The number of hydrogen-bond donors (Lipinski definition) is 2. The summed E-state index contributed by atoms with van der Waals surface area (Å²) in [5, 5.41) is 8.48. The highest BCUT2D eigenvalue weighted by molar-refractivity contribution is 7.09. The van der Waals surface area contributed by atoms with Crippen LogP contribution in [0.2, 0.25) is 0 Å². The maximum atomic E-state index is 14.7. The first-order chi connectivity index (χ1) is 16.0. The molecule has 4 rings (SSSR count). The number of urea groups is 1. The third kappa shape index (κ3) is 4.96. The van der Waals surface area contributed by atoms with E-state index in [1.807, 2.05) is 5.38 Å². The first kappa shape index (κ1) is 22.3. The molecule has 0 saturated heterocycles. The van der Waals surface area contributed by atoms with E-state index < -0.39 is 11.8 Å². The molecule has 4 aromatic rings. The number of anilines is 1. The Morgan fingerprint density at radius 2 is 1.82 bits per heavy atom. The average Bonchev–Trinajstić information content (AvgIpc) is 3.35. The van der Waals surface area contributed by atoms with Gasteiger partial charge in [0.1, 0.15) is 22.3 Å². The molecule has 2 N–H and O–H groups in total. The zero-order chi connectivity index (χ0) is 23.4. The highest BCUT2D eigenvalue weighted by Crippen LogP contribution is 2.37. The molecule has 1 atom stereocenters. The van der Waals surface area contributed by atoms with Crippen LogP contribution in [0.15, 0.2) is 54.2 Å². The lowest BCUT2D eigenvalue weighted by molar-refractivity contribution is 0.249. The van der Waals surface area contributed by atoms with E-state index in [0.717, 1.165) is 5.01 Å². The molecule has 0 aliphatic rings. The van der Waals surface area contributed by atoms with Crippen LogP contribution >= 0.6 is 11.3 Å². The summed E-state index contributed by atoms with van der Waals surface area (Å²) in [4.78, 5) is 20.7. The normalized spacial score (nSPS) is 11.6. The van der Waals surface area contributed by atoms with Crippen LogP contribution < -0.4 is 24.8 Å². The lowest BCUT2D eigenvalue weighted by Crippen LogP contribution is -2.31. The van der Waals surface area contributed by atoms with Gasteiger partial charge in [-0.15, -0.1) is 11.3 Å². The topological polar surface area (TPSA) is 94.6 Å². The number of rotatable bonds is 7. The van der Waals surface area contributed by atoms with Gasteiger partial charge in [0, 0.05) is 35.3 Å². The summed E-state index contributed by atoms with van der Waals surface area (Å²) in [6.07, 6.45) is 3.25. The minimum atomic E-state index is -0.637. The van der Waals surface area contributed by atoms with Crippen molar-refractivity contribution in [3.05, 3.63) is 65.0 Å². The molecule has 8 nitrogen and oxygen atoms in total. The molecular formula is C23H21FN4O4S. The Kier molecular flexibility index (Phi) is 6.55. The molecular weight excluding hydrogens is 447 g/mol. The van der Waals surface area contributed by atoms with Gasteiger partial charge in [-0.1, -0.05) is 0 Å². The van der Waals surface area contributed by atoms with Crippen LogP contribution in [-0.2, 0) is 0 Å². The number of thiazole rings is 1. The maximum absolute atomic E-state index is 14.7. The van der Waals surface area contributed by atoms with Gasteiger partial charge in [-0.2, -0.15) is 0 Å². The van der Waals surface area contributed by atoms with Crippen molar-refractivity contribution in [2.75, 3.05) is 19.5 Å². The Morgan fingerprint density at radius 3 is 2.52 bits per heavy atom. The zero-order valence-electron chi connectivity index (χ0n) is 18.1. The largest absolute Gasteiger partial charge is 0.493 e. The number of nitrogens with one attached hydrogen (secondary N) is 2. The van der Waals surface area contributed by atoms with Crippen molar-refractivity contribution in [3.63, 3.8) is 0 Å². The Morgan fingerprint density at radius 1 is 1.03 bits per heavy atom. The minimum absolute atomic E-state index is 0.0252. The summed E-state index contributed by atoms with van der Waals surface area (Å²) in [5.41, 5.74) is 0.659. The third-order valence-corrected chi connectivity index (χ3v) is 5.75. The molecule has 0 radical (unpaired) electrons. The smallest absolute Gasteiger partial charge is 0.319 e. The third-order valence-electron chi connectivity index (χ3n) is 4.79. The van der Waals surface area contributed by atoms with E-state index in [9.17, 15) is 9.18 Å². The monoisotopic (exact) mass is 468 g/mol. The van der Waals surface area contributed by atoms with Gasteiger partial charge < -0.3 is 24.8 Å². The van der Waals surface area contributed by atoms with Crippen molar-refractivity contribution in [1.29, 1.82) is 0 Å². The van der Waals surface area contributed by atoms with Gasteiger partial charge in [-0.25, -0.2) is 14.2 Å². The van der Waals surface area contributed by atoms with E-state index in [0.29, 0.717) is 28.2 Å². The fraction of sp³-hybridized carbons (Fsp3) is 0.174. The number of halogens is 1. The summed E-state index contributed by atoms with van der Waals surface area (Å²) in [7, 11) is 3.08. The summed E-state index contributed by atoms with van der Waals surface area (Å²) in [6.45, 7) is 1.80. The molecule has 0 aliphatic carbocycles. The van der Waals surface area contributed by atoms with Gasteiger partial charge in [0.05, 0.1) is 31.5 Å². The quantitative estimate of drug-likeness (QED) is 0.371. The Hall–Kier alpha value is -3.92. The van der Waals surface area contributed by atoms with E-state index in [1.165, 1.54) is 30.6 Å². The van der Waals surface area contributed by atoms with Crippen molar-refractivity contribution in [1.82, 2.24) is 15.3 Å². The standard InChI is InChI=1S/C23H21FN4O4S/c1-13(22-26-8-9-33-22)27-23(29)28-17-5-4-14(10-16(17)24)32-19-6-7-25-18-12-21(31-3)20(30-2)11-15(18)19/h4-13H,1-3H3,(H2,27,28,29). The minimum Gasteiger partial charge on any atom is -0.493 e. The molecule has 2 aromatic carbocycles. The molecule has 0 spiro atoms. The van der Waals surface area contributed by atoms with Crippen LogP contribution in [0.25, 0.3) is 10.9 Å². The molecule has 0 aliphatic heterocycles. The number of fused-ring (bicyclic) bond motifs is 1. The molecule has 0 bridgehead atoms. The second kappa shape index (κ2) is 9.70. The average molecular weight is 469 g/mol. The lowest BCUT2D eigenvalue weighted by atomic mass is 10.2. The lowest BCUT2D eigenvalue weighted by Gasteiger charge is -2.14. The number of carbonyl (C=O) groups is 1. The number of carbonyl (C=O) groups excluding carboxylic acids is 1. The molecule has 2 aromatic heterocycles. The van der Waals surface area contributed by atoms with Crippen molar-refractivity contribution in [3.8, 4) is 23.0 Å². The van der Waals surface area contributed by atoms with Crippen LogP contribution in [0, 0.1) is 5.82 Å². The molecule has 0 fully saturated rings. The van der Waals surface area contributed by atoms with Gasteiger partial charge in [0.15, 0.2) is 11.5 Å². The number of hydrogen-bond acceptors (Lipinski definition) is 7. The van der Waals surface area contributed by atoms with E-state index in [-0.39, 0.29) is 17.5 Å². The predicted molar refractivity (Wildman–Crippen MR) is 124 cm³/mol. The Bertz CT molecular complexity index is 1280. The highest BCUT2D eigenvalue weighted by atomic mass is 32.1. The SMILES string of the molecule is COc1cc2nccc(Oc3ccc(NC(=O)NC(C)c4nccs4)c(F)c3)c2cc1OC. The van der Waals surface area contributed by atoms with Crippen LogP contribution in [-0.4, -0.2) is 30.2 Å². The molecule has 2 amide bonds. The van der Waals surface area contributed by atoms with Gasteiger partial charge in [-0.05, 0) is 31.2 Å². The van der Waals surface area contributed by atoms with E-state index >= 15 is 0 Å². The molecule has 10 heteroatoms. The number of nitrogens with zero attached hydrogens (tertiary/aromatic N) is 2. The molecule has 170 valence electrons. The van der Waals surface area contributed by atoms with Crippen LogP contribution in [0.5, 0.6) is 23.0 Å². The van der Waals surface area contributed by atoms with Gasteiger partial charge >= 0.3 is 6.03 Å². The molecule has 0 saturated carbocycles. The Balaban J connectivity index is 1.50. The summed E-state index contributed by atoms with van der Waals surface area (Å²) in [6, 6.07) is 8.52. The van der Waals surface area contributed by atoms with E-state index in [2.05, 4.69) is 20.6 Å².